The minimum Gasteiger partial charge on any atom is -0.496 e. The molecule has 2 aromatic rings. The molecule has 1 amide bonds. The maximum Gasteiger partial charge on any atom is 0.408 e. The van der Waals surface area contributed by atoms with Crippen molar-refractivity contribution in [2.45, 2.75) is 46.3 Å². The summed E-state index contributed by atoms with van der Waals surface area (Å²) in [5, 5.41) is 12.3. The average Bonchev–Trinajstić information content (AvgIpc) is 2.61. The van der Waals surface area contributed by atoms with Gasteiger partial charge >= 0.3 is 6.09 Å². The first-order valence-electron chi connectivity index (χ1n) is 8.80. The first-order chi connectivity index (χ1) is 13.1. The lowest BCUT2D eigenvalue weighted by Crippen LogP contribution is -2.34. The number of carbonyl (C=O) groups excluding carboxylic acids is 1. The molecule has 7 heteroatoms. The van der Waals surface area contributed by atoms with Crippen LogP contribution in [0.3, 0.4) is 0 Å². The van der Waals surface area contributed by atoms with Gasteiger partial charge < -0.3 is 14.8 Å². The number of pyridine rings is 1. The van der Waals surface area contributed by atoms with E-state index in [4.69, 9.17) is 26.3 Å². The van der Waals surface area contributed by atoms with Crippen molar-refractivity contribution in [1.82, 2.24) is 10.3 Å². The molecule has 0 saturated heterocycles. The lowest BCUT2D eigenvalue weighted by molar-refractivity contribution is 0.0507. The number of nitriles is 1. The quantitative estimate of drug-likeness (QED) is 0.763. The summed E-state index contributed by atoms with van der Waals surface area (Å²) in [6, 6.07) is 6.80. The maximum atomic E-state index is 12.2. The molecular formula is C21H24ClN3O3. The molecule has 1 heterocycles. The molecule has 1 N–H and O–H groups in total. The zero-order valence-corrected chi connectivity index (χ0v) is 17.6. The van der Waals surface area contributed by atoms with Gasteiger partial charge in [0.1, 0.15) is 23.1 Å². The Hall–Kier alpha value is -2.78. The van der Waals surface area contributed by atoms with Crippen molar-refractivity contribution >= 4 is 17.7 Å². The van der Waals surface area contributed by atoms with Gasteiger partial charge in [0.05, 0.1) is 13.2 Å². The molecular weight excluding hydrogens is 378 g/mol. The van der Waals surface area contributed by atoms with Crippen molar-refractivity contribution in [1.29, 1.82) is 5.26 Å². The molecule has 6 nitrogen and oxygen atoms in total. The fraction of sp³-hybridized carbons (Fsp3) is 0.381. The van der Waals surface area contributed by atoms with Crippen molar-refractivity contribution in [3.63, 3.8) is 0 Å². The summed E-state index contributed by atoms with van der Waals surface area (Å²) in [5.41, 5.74) is 2.78. The number of rotatable bonds is 4. The van der Waals surface area contributed by atoms with E-state index in [2.05, 4.69) is 10.3 Å². The Bertz CT molecular complexity index is 912. The predicted octanol–water partition coefficient (Wildman–Crippen LogP) is 5.18. The van der Waals surface area contributed by atoms with Crippen molar-refractivity contribution < 1.29 is 14.3 Å². The second-order valence-electron chi connectivity index (χ2n) is 7.39. The third-order valence-electron chi connectivity index (χ3n) is 4.08. The molecule has 0 fully saturated rings. The molecule has 0 aliphatic carbocycles. The summed E-state index contributed by atoms with van der Waals surface area (Å²) < 4.78 is 11.0. The standard InChI is InChI=1S/C21H24ClN3O3/c1-12-17(22)9-16(13(2)25-20(26)28-21(3,4)5)19(27-6)18(12)14-7-8-15(10-23)24-11-14/h7-9,11,13H,1-6H3,(H,25,26). The van der Waals surface area contributed by atoms with Crippen LogP contribution in [0.5, 0.6) is 5.75 Å². The number of aromatic nitrogens is 1. The highest BCUT2D eigenvalue weighted by Gasteiger charge is 2.24. The van der Waals surface area contributed by atoms with Gasteiger partial charge in [0.2, 0.25) is 0 Å². The van der Waals surface area contributed by atoms with Crippen LogP contribution in [-0.4, -0.2) is 23.8 Å². The number of halogens is 1. The first-order valence-corrected chi connectivity index (χ1v) is 9.18. The fourth-order valence-corrected chi connectivity index (χ4v) is 3.02. The summed E-state index contributed by atoms with van der Waals surface area (Å²) in [6.07, 6.45) is 1.08. The summed E-state index contributed by atoms with van der Waals surface area (Å²) in [7, 11) is 1.56. The van der Waals surface area contributed by atoms with Gasteiger partial charge in [0.15, 0.2) is 0 Å². The average molecular weight is 402 g/mol. The molecule has 1 aromatic heterocycles. The van der Waals surface area contributed by atoms with Crippen molar-refractivity contribution in [3.8, 4) is 22.9 Å². The van der Waals surface area contributed by atoms with Crippen LogP contribution in [0.25, 0.3) is 11.1 Å². The molecule has 148 valence electrons. The van der Waals surface area contributed by atoms with E-state index in [-0.39, 0.29) is 0 Å². The van der Waals surface area contributed by atoms with E-state index in [1.807, 2.05) is 19.9 Å². The van der Waals surface area contributed by atoms with E-state index in [0.29, 0.717) is 22.0 Å². The first kappa shape index (κ1) is 21.5. The Kier molecular flexibility index (Phi) is 6.52. The second-order valence-corrected chi connectivity index (χ2v) is 7.80. The molecule has 0 saturated carbocycles. The predicted molar refractivity (Wildman–Crippen MR) is 108 cm³/mol. The topological polar surface area (TPSA) is 84.2 Å². The Morgan fingerprint density at radius 1 is 1.36 bits per heavy atom. The number of hydrogen-bond acceptors (Lipinski definition) is 5. The third kappa shape index (κ3) is 4.93. The number of alkyl carbamates (subject to hydrolysis) is 1. The van der Waals surface area contributed by atoms with Gasteiger partial charge in [-0.3, -0.25) is 0 Å². The lowest BCUT2D eigenvalue weighted by atomic mass is 9.94. The van der Waals surface area contributed by atoms with Gasteiger partial charge in [0, 0.05) is 27.9 Å². The molecule has 28 heavy (non-hydrogen) atoms. The van der Waals surface area contributed by atoms with Crippen LogP contribution in [0, 0.1) is 18.3 Å². The lowest BCUT2D eigenvalue weighted by Gasteiger charge is -2.24. The third-order valence-corrected chi connectivity index (χ3v) is 4.47. The van der Waals surface area contributed by atoms with Crippen molar-refractivity contribution in [2.75, 3.05) is 7.11 Å². The number of methoxy groups -OCH3 is 1. The zero-order chi connectivity index (χ0) is 21.1. The van der Waals surface area contributed by atoms with Gasteiger partial charge in [-0.25, -0.2) is 9.78 Å². The Labute approximate surface area is 170 Å². The molecule has 0 aliphatic rings. The summed E-state index contributed by atoms with van der Waals surface area (Å²) in [4.78, 5) is 16.3. The van der Waals surface area contributed by atoms with Crippen LogP contribution in [0.4, 0.5) is 4.79 Å². The summed E-state index contributed by atoms with van der Waals surface area (Å²) >= 11 is 6.47. The number of ether oxygens (including phenoxy) is 2. The van der Waals surface area contributed by atoms with E-state index in [9.17, 15) is 4.79 Å². The number of benzene rings is 1. The highest BCUT2D eigenvalue weighted by Crippen LogP contribution is 2.42. The normalized spacial score (nSPS) is 12.1. The van der Waals surface area contributed by atoms with Gasteiger partial charge in [-0.2, -0.15) is 5.26 Å². The monoisotopic (exact) mass is 401 g/mol. The number of nitrogens with one attached hydrogen (secondary N) is 1. The molecule has 0 radical (unpaired) electrons. The molecule has 0 aliphatic heterocycles. The van der Waals surface area contributed by atoms with Crippen molar-refractivity contribution in [2.24, 2.45) is 0 Å². The van der Waals surface area contributed by atoms with Crippen molar-refractivity contribution in [3.05, 3.63) is 46.2 Å². The molecule has 1 aromatic carbocycles. The highest BCUT2D eigenvalue weighted by molar-refractivity contribution is 6.32. The van der Waals surface area contributed by atoms with Gasteiger partial charge in [-0.1, -0.05) is 11.6 Å². The smallest absolute Gasteiger partial charge is 0.408 e. The van der Waals surface area contributed by atoms with Crippen LogP contribution in [0.15, 0.2) is 24.4 Å². The Balaban J connectivity index is 2.49. The van der Waals surface area contributed by atoms with Gasteiger partial charge in [0.25, 0.3) is 0 Å². The summed E-state index contributed by atoms with van der Waals surface area (Å²) in [5.74, 6) is 0.581. The molecule has 1 atom stereocenters. The van der Waals surface area contributed by atoms with Crippen LogP contribution >= 0.6 is 11.6 Å². The number of hydrogen-bond donors (Lipinski definition) is 1. The minimum absolute atomic E-state index is 0.322. The molecule has 2 rings (SSSR count). The zero-order valence-electron chi connectivity index (χ0n) is 16.9. The largest absolute Gasteiger partial charge is 0.496 e. The maximum absolute atomic E-state index is 12.2. The van der Waals surface area contributed by atoms with E-state index in [0.717, 1.165) is 16.7 Å². The van der Waals surface area contributed by atoms with E-state index < -0.39 is 17.7 Å². The molecule has 0 spiro atoms. The molecule has 1 unspecified atom stereocenters. The minimum atomic E-state index is -0.599. The van der Waals surface area contributed by atoms with E-state index in [1.165, 1.54) is 0 Å². The van der Waals surface area contributed by atoms with Crippen LogP contribution < -0.4 is 10.1 Å². The van der Waals surface area contributed by atoms with E-state index >= 15 is 0 Å². The summed E-state index contributed by atoms with van der Waals surface area (Å²) in [6.45, 7) is 9.12. The Morgan fingerprint density at radius 2 is 2.04 bits per heavy atom. The fourth-order valence-electron chi connectivity index (χ4n) is 2.80. The number of amides is 1. The van der Waals surface area contributed by atoms with Crippen LogP contribution in [0.1, 0.15) is 50.6 Å². The van der Waals surface area contributed by atoms with Gasteiger partial charge in [-0.15, -0.1) is 0 Å². The number of nitrogens with zero attached hydrogens (tertiary/aromatic N) is 2. The van der Waals surface area contributed by atoms with E-state index in [1.54, 1.807) is 52.3 Å². The molecule has 0 bridgehead atoms. The number of carbonyl (C=O) groups is 1. The van der Waals surface area contributed by atoms with Crippen LogP contribution in [0.2, 0.25) is 5.02 Å². The second kappa shape index (κ2) is 8.49. The Morgan fingerprint density at radius 3 is 2.54 bits per heavy atom. The SMILES string of the molecule is COc1c(C(C)NC(=O)OC(C)(C)C)cc(Cl)c(C)c1-c1ccc(C#N)nc1. The van der Waals surface area contributed by atoms with Gasteiger partial charge in [-0.05, 0) is 58.4 Å². The highest BCUT2D eigenvalue weighted by atomic mass is 35.5. The van der Waals surface area contributed by atoms with Crippen LogP contribution in [-0.2, 0) is 4.74 Å².